The first-order valence-corrected chi connectivity index (χ1v) is 4.22. The number of nitrogens with one attached hydrogen (secondary N) is 1. The zero-order valence-electron chi connectivity index (χ0n) is 7.87. The first-order chi connectivity index (χ1) is 6.15. The summed E-state index contributed by atoms with van der Waals surface area (Å²) in [6.45, 7) is 1.91. The van der Waals surface area contributed by atoms with Crippen molar-refractivity contribution in [3.05, 3.63) is 35.4 Å². The van der Waals surface area contributed by atoms with Gasteiger partial charge >= 0.3 is 0 Å². The molecule has 1 unspecified atom stereocenters. The molecule has 0 aliphatic carbocycles. The molecule has 0 heterocycles. The molecule has 3 heteroatoms. The van der Waals surface area contributed by atoms with E-state index < -0.39 is 0 Å². The number of rotatable bonds is 2. The van der Waals surface area contributed by atoms with E-state index in [-0.39, 0.29) is 11.9 Å². The van der Waals surface area contributed by atoms with E-state index in [1.807, 2.05) is 19.1 Å². The number of carbonyl (C=O) groups excluding carboxylic acids is 1. The van der Waals surface area contributed by atoms with Crippen LogP contribution >= 0.6 is 0 Å². The summed E-state index contributed by atoms with van der Waals surface area (Å²) in [5, 5.41) is 2.56. The lowest BCUT2D eigenvalue weighted by Crippen LogP contribution is -2.17. The van der Waals surface area contributed by atoms with E-state index in [2.05, 4.69) is 5.32 Å². The summed E-state index contributed by atoms with van der Waals surface area (Å²) in [4.78, 5) is 11.2. The number of carbonyl (C=O) groups is 1. The van der Waals surface area contributed by atoms with Gasteiger partial charge in [-0.2, -0.15) is 0 Å². The standard InChI is InChI=1S/C10H14N2O/c1-7(11)8-3-5-9(6-4-8)10(13)12-2/h3-7H,11H2,1-2H3,(H,12,13). The first kappa shape index (κ1) is 9.74. The van der Waals surface area contributed by atoms with E-state index in [9.17, 15) is 4.79 Å². The zero-order valence-corrected chi connectivity index (χ0v) is 7.87. The summed E-state index contributed by atoms with van der Waals surface area (Å²) in [5.41, 5.74) is 7.37. The molecule has 13 heavy (non-hydrogen) atoms. The Labute approximate surface area is 77.9 Å². The van der Waals surface area contributed by atoms with Gasteiger partial charge in [0.15, 0.2) is 0 Å². The lowest BCUT2D eigenvalue weighted by atomic mass is 10.1. The number of benzene rings is 1. The highest BCUT2D eigenvalue weighted by molar-refractivity contribution is 5.93. The molecule has 1 rings (SSSR count). The van der Waals surface area contributed by atoms with Crippen molar-refractivity contribution >= 4 is 5.91 Å². The van der Waals surface area contributed by atoms with Gasteiger partial charge in [0.25, 0.3) is 5.91 Å². The largest absolute Gasteiger partial charge is 0.355 e. The summed E-state index contributed by atoms with van der Waals surface area (Å²) in [5.74, 6) is -0.0729. The molecule has 0 radical (unpaired) electrons. The van der Waals surface area contributed by atoms with Gasteiger partial charge in [-0.25, -0.2) is 0 Å². The Balaban J connectivity index is 2.87. The van der Waals surface area contributed by atoms with Crippen LogP contribution in [0, 0.1) is 0 Å². The normalized spacial score (nSPS) is 12.2. The summed E-state index contributed by atoms with van der Waals surface area (Å²) in [7, 11) is 1.61. The summed E-state index contributed by atoms with van der Waals surface area (Å²) < 4.78 is 0. The smallest absolute Gasteiger partial charge is 0.251 e. The van der Waals surface area contributed by atoms with Crippen molar-refractivity contribution in [1.29, 1.82) is 0 Å². The van der Waals surface area contributed by atoms with Crippen molar-refractivity contribution in [2.75, 3.05) is 7.05 Å². The third-order valence-corrected chi connectivity index (χ3v) is 1.93. The van der Waals surface area contributed by atoms with Crippen LogP contribution in [0.2, 0.25) is 0 Å². The third-order valence-electron chi connectivity index (χ3n) is 1.93. The van der Waals surface area contributed by atoms with Crippen molar-refractivity contribution in [2.45, 2.75) is 13.0 Å². The Morgan fingerprint density at radius 1 is 1.38 bits per heavy atom. The van der Waals surface area contributed by atoms with Crippen LogP contribution < -0.4 is 11.1 Å². The minimum atomic E-state index is -0.0729. The molecule has 70 valence electrons. The Morgan fingerprint density at radius 3 is 2.31 bits per heavy atom. The molecule has 0 bridgehead atoms. The van der Waals surface area contributed by atoms with Gasteiger partial charge in [0, 0.05) is 18.7 Å². The summed E-state index contributed by atoms with van der Waals surface area (Å²) in [6.07, 6.45) is 0. The minimum absolute atomic E-state index is 0.0127. The lowest BCUT2D eigenvalue weighted by molar-refractivity contribution is 0.0963. The molecule has 0 saturated heterocycles. The monoisotopic (exact) mass is 178 g/mol. The van der Waals surface area contributed by atoms with Gasteiger partial charge in [0.2, 0.25) is 0 Å². The molecule has 0 spiro atoms. The molecule has 1 amide bonds. The number of hydrogen-bond donors (Lipinski definition) is 2. The van der Waals surface area contributed by atoms with Crippen LogP contribution in [-0.4, -0.2) is 13.0 Å². The molecular formula is C10H14N2O. The molecule has 0 saturated carbocycles. The van der Waals surface area contributed by atoms with Crippen molar-refractivity contribution in [1.82, 2.24) is 5.32 Å². The van der Waals surface area contributed by atoms with Crippen LogP contribution in [-0.2, 0) is 0 Å². The average molecular weight is 178 g/mol. The summed E-state index contributed by atoms with van der Waals surface area (Å²) >= 11 is 0. The Hall–Kier alpha value is -1.35. The van der Waals surface area contributed by atoms with Gasteiger partial charge < -0.3 is 11.1 Å². The van der Waals surface area contributed by atoms with E-state index >= 15 is 0 Å². The summed E-state index contributed by atoms with van der Waals surface area (Å²) in [6, 6.07) is 7.30. The van der Waals surface area contributed by atoms with Crippen LogP contribution in [0.3, 0.4) is 0 Å². The molecule has 3 nitrogen and oxygen atoms in total. The molecule has 0 aliphatic rings. The Morgan fingerprint density at radius 2 is 1.92 bits per heavy atom. The van der Waals surface area contributed by atoms with Crippen molar-refractivity contribution in [2.24, 2.45) is 5.73 Å². The maximum absolute atomic E-state index is 11.2. The van der Waals surface area contributed by atoms with Gasteiger partial charge in [-0.1, -0.05) is 12.1 Å². The zero-order chi connectivity index (χ0) is 9.84. The molecule has 0 fully saturated rings. The predicted octanol–water partition coefficient (Wildman–Crippen LogP) is 1.07. The second-order valence-electron chi connectivity index (χ2n) is 2.99. The van der Waals surface area contributed by atoms with Crippen LogP contribution in [0.25, 0.3) is 0 Å². The maximum atomic E-state index is 11.2. The van der Waals surface area contributed by atoms with E-state index in [1.165, 1.54) is 0 Å². The second-order valence-corrected chi connectivity index (χ2v) is 2.99. The molecular weight excluding hydrogens is 164 g/mol. The number of nitrogens with two attached hydrogens (primary N) is 1. The molecule has 3 N–H and O–H groups in total. The maximum Gasteiger partial charge on any atom is 0.251 e. The van der Waals surface area contributed by atoms with Crippen LogP contribution in [0.15, 0.2) is 24.3 Å². The molecule has 0 aromatic heterocycles. The van der Waals surface area contributed by atoms with Crippen molar-refractivity contribution < 1.29 is 4.79 Å². The van der Waals surface area contributed by atoms with Crippen LogP contribution in [0.5, 0.6) is 0 Å². The van der Waals surface area contributed by atoms with Gasteiger partial charge in [-0.05, 0) is 24.6 Å². The fourth-order valence-electron chi connectivity index (χ4n) is 1.08. The minimum Gasteiger partial charge on any atom is -0.355 e. The molecule has 0 aliphatic heterocycles. The fourth-order valence-corrected chi connectivity index (χ4v) is 1.08. The topological polar surface area (TPSA) is 55.1 Å². The van der Waals surface area contributed by atoms with Gasteiger partial charge in [0.05, 0.1) is 0 Å². The average Bonchev–Trinajstić information content (AvgIpc) is 2.17. The van der Waals surface area contributed by atoms with E-state index in [4.69, 9.17) is 5.73 Å². The SMILES string of the molecule is CNC(=O)c1ccc(C(C)N)cc1. The highest BCUT2D eigenvalue weighted by atomic mass is 16.1. The van der Waals surface area contributed by atoms with E-state index in [0.717, 1.165) is 5.56 Å². The Kier molecular flexibility index (Phi) is 3.03. The van der Waals surface area contributed by atoms with Crippen LogP contribution in [0.1, 0.15) is 28.9 Å². The highest BCUT2D eigenvalue weighted by Crippen LogP contribution is 2.10. The fraction of sp³-hybridized carbons (Fsp3) is 0.300. The predicted molar refractivity (Wildman–Crippen MR) is 52.4 cm³/mol. The second kappa shape index (κ2) is 4.05. The molecule has 1 aromatic rings. The highest BCUT2D eigenvalue weighted by Gasteiger charge is 2.03. The quantitative estimate of drug-likeness (QED) is 0.711. The third kappa shape index (κ3) is 2.29. The van der Waals surface area contributed by atoms with Gasteiger partial charge in [-0.3, -0.25) is 4.79 Å². The van der Waals surface area contributed by atoms with Crippen molar-refractivity contribution in [3.63, 3.8) is 0 Å². The molecule has 1 atom stereocenters. The van der Waals surface area contributed by atoms with Crippen molar-refractivity contribution in [3.8, 4) is 0 Å². The molecule has 1 aromatic carbocycles. The van der Waals surface area contributed by atoms with Gasteiger partial charge in [-0.15, -0.1) is 0 Å². The van der Waals surface area contributed by atoms with Crippen LogP contribution in [0.4, 0.5) is 0 Å². The lowest BCUT2D eigenvalue weighted by Gasteiger charge is -2.05. The first-order valence-electron chi connectivity index (χ1n) is 4.22. The Bertz CT molecular complexity index is 290. The van der Waals surface area contributed by atoms with E-state index in [0.29, 0.717) is 5.56 Å². The van der Waals surface area contributed by atoms with E-state index in [1.54, 1.807) is 19.2 Å². The number of amides is 1. The number of hydrogen-bond acceptors (Lipinski definition) is 2. The van der Waals surface area contributed by atoms with Gasteiger partial charge in [0.1, 0.15) is 0 Å².